The van der Waals surface area contributed by atoms with Crippen LogP contribution in [0.1, 0.15) is 12.0 Å². The maximum atomic E-state index is 15.4. The molecular weight excluding hydrogens is 548 g/mol. The molecule has 0 radical (unpaired) electrons. The van der Waals surface area contributed by atoms with Gasteiger partial charge in [0, 0.05) is 30.8 Å². The highest BCUT2D eigenvalue weighted by atomic mass is 32.2. The summed E-state index contributed by atoms with van der Waals surface area (Å²) in [6, 6.07) is 7.18. The second-order valence-corrected chi connectivity index (χ2v) is 10.6. The molecule has 0 aliphatic carbocycles. The van der Waals surface area contributed by atoms with Crippen molar-refractivity contribution in [2.24, 2.45) is 0 Å². The Bertz CT molecular complexity index is 1480. The molecule has 15 heteroatoms. The summed E-state index contributed by atoms with van der Waals surface area (Å²) in [5, 5.41) is 3.53. The summed E-state index contributed by atoms with van der Waals surface area (Å²) < 4.78 is 99.7. The number of hydrogen-bond donors (Lipinski definition) is 1. The first-order chi connectivity index (χ1) is 18.5. The summed E-state index contributed by atoms with van der Waals surface area (Å²) in [6.45, 7) is -0.491. The SMILES string of the molecule is COc1cc(-c2cccc(C(F)(F)F)c2)c(F)cc1N1C(=O)CO[C@H]2CN(S(=O)(=O)Nc3ccon3)CC[C@H]21. The molecule has 0 bridgehead atoms. The van der Waals surface area contributed by atoms with E-state index in [1.807, 2.05) is 0 Å². The van der Waals surface area contributed by atoms with E-state index < -0.39 is 52.4 Å². The van der Waals surface area contributed by atoms with Gasteiger partial charge in [-0.05, 0) is 30.2 Å². The van der Waals surface area contributed by atoms with Gasteiger partial charge >= 0.3 is 16.4 Å². The predicted octanol–water partition coefficient (Wildman–Crippen LogP) is 3.67. The molecule has 39 heavy (non-hydrogen) atoms. The molecule has 2 aliphatic rings. The number of anilines is 2. The Kier molecular flexibility index (Phi) is 6.99. The van der Waals surface area contributed by atoms with Crippen LogP contribution >= 0.6 is 0 Å². The smallest absolute Gasteiger partial charge is 0.416 e. The molecule has 0 unspecified atom stereocenters. The zero-order chi connectivity index (χ0) is 27.9. The van der Waals surface area contributed by atoms with Gasteiger partial charge in [0.25, 0.3) is 5.91 Å². The average molecular weight is 571 g/mol. The third kappa shape index (κ3) is 5.29. The van der Waals surface area contributed by atoms with Crippen molar-refractivity contribution in [2.45, 2.75) is 24.7 Å². The van der Waals surface area contributed by atoms with Gasteiger partial charge in [-0.3, -0.25) is 9.52 Å². The second-order valence-electron chi connectivity index (χ2n) is 8.90. The largest absolute Gasteiger partial charge is 0.495 e. The Labute approximate surface area is 220 Å². The first-order valence-corrected chi connectivity index (χ1v) is 13.1. The van der Waals surface area contributed by atoms with Crippen LogP contribution in [-0.2, 0) is 25.9 Å². The number of amides is 1. The van der Waals surface area contributed by atoms with Gasteiger partial charge in [0.2, 0.25) is 0 Å². The van der Waals surface area contributed by atoms with E-state index in [0.717, 1.165) is 22.5 Å². The number of carbonyl (C=O) groups excluding carboxylic acids is 1. The topological polar surface area (TPSA) is 114 Å². The number of methoxy groups -OCH3 is 1. The van der Waals surface area contributed by atoms with Crippen LogP contribution in [0.15, 0.2) is 53.3 Å². The molecule has 0 saturated carbocycles. The minimum Gasteiger partial charge on any atom is -0.495 e. The summed E-state index contributed by atoms with van der Waals surface area (Å²) in [5.41, 5.74) is -1.03. The molecule has 5 rings (SSSR count). The average Bonchev–Trinajstić information content (AvgIpc) is 3.40. The number of nitrogens with zero attached hydrogens (tertiary/aromatic N) is 3. The number of rotatable bonds is 6. The molecule has 3 aromatic rings. The molecule has 2 aromatic carbocycles. The van der Waals surface area contributed by atoms with Gasteiger partial charge in [0.1, 0.15) is 24.4 Å². The Morgan fingerprint density at radius 2 is 1.97 bits per heavy atom. The molecule has 0 spiro atoms. The minimum atomic E-state index is -4.61. The summed E-state index contributed by atoms with van der Waals surface area (Å²) in [5.74, 6) is -1.31. The van der Waals surface area contributed by atoms with Crippen LogP contribution in [0.4, 0.5) is 29.1 Å². The van der Waals surface area contributed by atoms with Crippen LogP contribution in [0.25, 0.3) is 11.1 Å². The number of morpholine rings is 1. The van der Waals surface area contributed by atoms with Crippen molar-refractivity contribution in [1.82, 2.24) is 9.46 Å². The third-order valence-electron chi connectivity index (χ3n) is 6.55. The van der Waals surface area contributed by atoms with Gasteiger partial charge < -0.3 is 18.9 Å². The number of ether oxygens (including phenoxy) is 2. The fourth-order valence-electron chi connectivity index (χ4n) is 4.74. The predicted molar refractivity (Wildman–Crippen MR) is 130 cm³/mol. The molecule has 2 fully saturated rings. The first-order valence-electron chi connectivity index (χ1n) is 11.6. The number of nitrogens with one attached hydrogen (secondary N) is 1. The Morgan fingerprint density at radius 1 is 1.18 bits per heavy atom. The fraction of sp³-hybridized carbons (Fsp3) is 0.333. The second kappa shape index (κ2) is 10.1. The van der Waals surface area contributed by atoms with Crippen molar-refractivity contribution in [1.29, 1.82) is 0 Å². The molecule has 2 aliphatic heterocycles. The number of halogens is 4. The number of alkyl halides is 3. The highest BCUT2D eigenvalue weighted by Gasteiger charge is 2.45. The highest BCUT2D eigenvalue weighted by molar-refractivity contribution is 7.90. The van der Waals surface area contributed by atoms with Gasteiger partial charge in [0.15, 0.2) is 5.82 Å². The molecular formula is C24H22F4N4O6S. The number of hydrogen-bond acceptors (Lipinski definition) is 7. The van der Waals surface area contributed by atoms with E-state index in [0.29, 0.717) is 0 Å². The van der Waals surface area contributed by atoms with E-state index in [2.05, 4.69) is 14.4 Å². The van der Waals surface area contributed by atoms with E-state index in [9.17, 15) is 26.4 Å². The normalized spacial score (nSPS) is 20.5. The molecule has 1 amide bonds. The fourth-order valence-corrected chi connectivity index (χ4v) is 5.93. The van der Waals surface area contributed by atoms with E-state index in [1.165, 1.54) is 42.5 Å². The lowest BCUT2D eigenvalue weighted by molar-refractivity contribution is -0.137. The Balaban J connectivity index is 1.44. The summed E-state index contributed by atoms with van der Waals surface area (Å²) in [4.78, 5) is 14.3. The van der Waals surface area contributed by atoms with Crippen LogP contribution in [0, 0.1) is 5.82 Å². The first kappa shape index (κ1) is 26.9. The zero-order valence-corrected chi connectivity index (χ0v) is 21.1. The molecule has 10 nitrogen and oxygen atoms in total. The lowest BCUT2D eigenvalue weighted by Crippen LogP contribution is -2.62. The molecule has 2 atom stereocenters. The number of aromatic nitrogens is 1. The van der Waals surface area contributed by atoms with Crippen molar-refractivity contribution in [3.63, 3.8) is 0 Å². The lowest BCUT2D eigenvalue weighted by Gasteiger charge is -2.46. The standard InChI is InChI=1S/C24H22F4N4O6S/c1-36-20-10-16(14-3-2-4-15(9-14)24(26,27)28)17(25)11-19(20)32-18-5-7-31(12-21(18)37-13-23(32)33)39(34,35)30-22-6-8-38-29-22/h2-4,6,8-11,18,21H,5,7,12-13H2,1H3,(H,29,30)/t18-,21+/m1/s1. The van der Waals surface area contributed by atoms with Crippen molar-refractivity contribution < 1.29 is 44.8 Å². The van der Waals surface area contributed by atoms with Gasteiger partial charge in [-0.2, -0.15) is 25.9 Å². The van der Waals surface area contributed by atoms with Gasteiger partial charge in [-0.15, -0.1) is 0 Å². The molecule has 2 saturated heterocycles. The molecule has 3 heterocycles. The summed E-state index contributed by atoms with van der Waals surface area (Å²) >= 11 is 0. The Hall–Kier alpha value is -3.69. The van der Waals surface area contributed by atoms with Gasteiger partial charge in [-0.25, -0.2) is 4.39 Å². The van der Waals surface area contributed by atoms with Crippen molar-refractivity contribution in [3.05, 3.63) is 60.1 Å². The van der Waals surface area contributed by atoms with Crippen LogP contribution < -0.4 is 14.4 Å². The van der Waals surface area contributed by atoms with Crippen LogP contribution in [-0.4, -0.2) is 62.7 Å². The van der Waals surface area contributed by atoms with Crippen LogP contribution in [0.3, 0.4) is 0 Å². The van der Waals surface area contributed by atoms with Crippen molar-refractivity contribution in [2.75, 3.05) is 36.4 Å². The van der Waals surface area contributed by atoms with E-state index in [-0.39, 0.29) is 47.9 Å². The third-order valence-corrected chi connectivity index (χ3v) is 8.03. The number of fused-ring (bicyclic) bond motifs is 1. The molecule has 1 aromatic heterocycles. The van der Waals surface area contributed by atoms with E-state index in [1.54, 1.807) is 0 Å². The maximum Gasteiger partial charge on any atom is 0.416 e. The van der Waals surface area contributed by atoms with E-state index >= 15 is 4.39 Å². The Morgan fingerprint density at radius 3 is 2.67 bits per heavy atom. The summed E-state index contributed by atoms with van der Waals surface area (Å²) in [6.07, 6.45) is -4.00. The number of benzene rings is 2. The van der Waals surface area contributed by atoms with Crippen LogP contribution in [0.2, 0.25) is 0 Å². The van der Waals surface area contributed by atoms with Gasteiger partial charge in [-0.1, -0.05) is 17.3 Å². The minimum absolute atomic E-state index is 0.000405. The van der Waals surface area contributed by atoms with Crippen LogP contribution in [0.5, 0.6) is 5.75 Å². The zero-order valence-electron chi connectivity index (χ0n) is 20.3. The monoisotopic (exact) mass is 570 g/mol. The van der Waals surface area contributed by atoms with Crippen molar-refractivity contribution in [3.8, 4) is 16.9 Å². The van der Waals surface area contributed by atoms with Gasteiger partial charge in [0.05, 0.1) is 30.5 Å². The maximum absolute atomic E-state index is 15.4. The number of piperidine rings is 1. The van der Waals surface area contributed by atoms with E-state index in [4.69, 9.17) is 9.47 Å². The lowest BCUT2D eigenvalue weighted by atomic mass is 9.97. The van der Waals surface area contributed by atoms with Crippen molar-refractivity contribution >= 4 is 27.6 Å². The molecule has 1 N–H and O–H groups in total. The molecule has 208 valence electrons. The number of carbonyl (C=O) groups is 1. The highest BCUT2D eigenvalue weighted by Crippen LogP contribution is 2.41. The quantitative estimate of drug-likeness (QED) is 0.450. The summed E-state index contributed by atoms with van der Waals surface area (Å²) in [7, 11) is -2.72.